The maximum absolute atomic E-state index is 13.9. The van der Waals surface area contributed by atoms with Gasteiger partial charge in [0.05, 0.1) is 23.4 Å². The standard InChI is InChI=1S/C26H35NO6S.Li.H2O/c1-4-6-13-26(14-7-5-2)18-27(20-11-9-8-10-12-20)21-15-22(32-3)23(33-17-25(28)29)16-24(21)34(30,31)19-26;;/h8-12,15-16H,4-7,13-14,17-19H2,1-3H3,(H,28,29);;1H2/q;+1;/p-1. The second-order valence-corrected chi connectivity index (χ2v) is 11.0. The summed E-state index contributed by atoms with van der Waals surface area (Å²) in [5, 5.41) is 9.06. The number of fused-ring (bicyclic) bond motifs is 1. The van der Waals surface area contributed by atoms with Gasteiger partial charge >= 0.3 is 24.8 Å². The number of nitrogens with zero attached hydrogens (tertiary/aromatic N) is 1. The van der Waals surface area contributed by atoms with Crippen LogP contribution >= 0.6 is 0 Å². The predicted molar refractivity (Wildman–Crippen MR) is 135 cm³/mol. The van der Waals surface area contributed by atoms with Gasteiger partial charge in [0.25, 0.3) is 0 Å². The first kappa shape index (κ1) is 31.8. The maximum atomic E-state index is 13.9. The molecule has 0 atom stereocenters. The minimum Gasteiger partial charge on any atom is -0.870 e. The molecule has 2 N–H and O–H groups in total. The summed E-state index contributed by atoms with van der Waals surface area (Å²) < 4.78 is 38.6. The van der Waals surface area contributed by atoms with Crippen molar-refractivity contribution in [1.29, 1.82) is 0 Å². The summed E-state index contributed by atoms with van der Waals surface area (Å²) in [6.45, 7) is 4.23. The fraction of sp³-hybridized carbons (Fsp3) is 0.500. The molecule has 3 rings (SSSR count). The van der Waals surface area contributed by atoms with Gasteiger partial charge in [-0.15, -0.1) is 0 Å². The molecule has 0 radical (unpaired) electrons. The number of ether oxygens (including phenoxy) is 2. The molecule has 0 fully saturated rings. The Kier molecular flexibility index (Phi) is 12.3. The number of aliphatic carboxylic acids is 1. The van der Waals surface area contributed by atoms with Crippen molar-refractivity contribution < 1.29 is 52.1 Å². The molecule has 1 aliphatic rings. The van der Waals surface area contributed by atoms with E-state index in [4.69, 9.17) is 14.6 Å². The fourth-order valence-corrected chi connectivity index (χ4v) is 6.83. The van der Waals surface area contributed by atoms with Crippen LogP contribution in [0.2, 0.25) is 0 Å². The van der Waals surface area contributed by atoms with Crippen molar-refractivity contribution in [2.24, 2.45) is 5.41 Å². The maximum Gasteiger partial charge on any atom is 1.00 e. The smallest absolute Gasteiger partial charge is 0.870 e. The van der Waals surface area contributed by atoms with Crippen molar-refractivity contribution in [3.8, 4) is 11.5 Å². The van der Waals surface area contributed by atoms with Crippen LogP contribution in [0.3, 0.4) is 0 Å². The summed E-state index contributed by atoms with van der Waals surface area (Å²) in [5.41, 5.74) is 1.02. The monoisotopic (exact) mass is 513 g/mol. The molecule has 0 amide bonds. The molecule has 36 heavy (non-hydrogen) atoms. The van der Waals surface area contributed by atoms with Crippen LogP contribution < -0.4 is 33.2 Å². The van der Waals surface area contributed by atoms with Crippen LogP contribution in [-0.4, -0.2) is 51.0 Å². The number of hydrogen-bond acceptors (Lipinski definition) is 7. The van der Waals surface area contributed by atoms with Crippen molar-refractivity contribution in [3.05, 3.63) is 42.5 Å². The van der Waals surface area contributed by atoms with Gasteiger partial charge in [-0.2, -0.15) is 0 Å². The van der Waals surface area contributed by atoms with Crippen molar-refractivity contribution in [2.75, 3.05) is 30.9 Å². The molecular weight excluding hydrogens is 477 g/mol. The van der Waals surface area contributed by atoms with E-state index in [0.29, 0.717) is 18.0 Å². The largest absolute Gasteiger partial charge is 1.00 e. The van der Waals surface area contributed by atoms with Crippen LogP contribution in [0.4, 0.5) is 11.4 Å². The van der Waals surface area contributed by atoms with Crippen LogP contribution in [0.25, 0.3) is 0 Å². The molecule has 2 aromatic carbocycles. The summed E-state index contributed by atoms with van der Waals surface area (Å²) in [4.78, 5) is 13.3. The number of carbonyl (C=O) groups is 1. The van der Waals surface area contributed by atoms with Crippen molar-refractivity contribution in [2.45, 2.75) is 57.3 Å². The zero-order valence-electron chi connectivity index (χ0n) is 21.7. The van der Waals surface area contributed by atoms with E-state index >= 15 is 0 Å². The first-order chi connectivity index (χ1) is 16.2. The topological polar surface area (TPSA) is 123 Å². The van der Waals surface area contributed by atoms with Crippen LogP contribution in [-0.2, 0) is 14.6 Å². The Labute approximate surface area is 226 Å². The molecule has 8 nitrogen and oxygen atoms in total. The fourth-order valence-electron chi connectivity index (χ4n) is 4.72. The van der Waals surface area contributed by atoms with E-state index < -0.39 is 27.8 Å². The molecule has 0 saturated carbocycles. The third-order valence-electron chi connectivity index (χ3n) is 6.40. The molecule has 0 saturated heterocycles. The third kappa shape index (κ3) is 7.42. The Hall–Kier alpha value is -2.18. The van der Waals surface area contributed by atoms with Gasteiger partial charge in [0.1, 0.15) is 0 Å². The van der Waals surface area contributed by atoms with E-state index in [9.17, 15) is 13.2 Å². The summed E-state index contributed by atoms with van der Waals surface area (Å²) in [5.74, 6) is -0.703. The summed E-state index contributed by atoms with van der Waals surface area (Å²) in [6.07, 6.45) is 5.53. The Morgan fingerprint density at radius 1 is 1.06 bits per heavy atom. The number of sulfone groups is 1. The van der Waals surface area contributed by atoms with Gasteiger partial charge in [-0.3, -0.25) is 0 Å². The molecule has 2 aromatic rings. The number of anilines is 2. The number of carboxylic acids is 1. The predicted octanol–water partition coefficient (Wildman–Crippen LogP) is 2.28. The van der Waals surface area contributed by atoms with E-state index in [-0.39, 0.29) is 40.7 Å². The Morgan fingerprint density at radius 2 is 1.67 bits per heavy atom. The molecule has 10 heteroatoms. The molecule has 0 aliphatic carbocycles. The molecular formula is C26H36LiNO7S. The molecule has 1 heterocycles. The van der Waals surface area contributed by atoms with Crippen molar-refractivity contribution >= 4 is 27.2 Å². The minimum absolute atomic E-state index is 0. The molecule has 0 aromatic heterocycles. The Balaban J connectivity index is 0.00000324. The van der Waals surface area contributed by atoms with Gasteiger partial charge in [-0.05, 0) is 25.0 Å². The second kappa shape index (κ2) is 13.9. The third-order valence-corrected chi connectivity index (χ3v) is 8.39. The average Bonchev–Trinajstić information content (AvgIpc) is 2.92. The van der Waals surface area contributed by atoms with Gasteiger partial charge < -0.3 is 25.0 Å². The normalized spacial score (nSPS) is 15.5. The number of benzene rings is 2. The summed E-state index contributed by atoms with van der Waals surface area (Å²) in [6, 6.07) is 12.9. The van der Waals surface area contributed by atoms with E-state index in [2.05, 4.69) is 18.7 Å². The van der Waals surface area contributed by atoms with E-state index in [1.165, 1.54) is 13.2 Å². The first-order valence-electron chi connectivity index (χ1n) is 11.9. The van der Waals surface area contributed by atoms with Gasteiger partial charge in [-0.25, -0.2) is 13.2 Å². The summed E-state index contributed by atoms with van der Waals surface area (Å²) >= 11 is 0. The zero-order chi connectivity index (χ0) is 24.8. The number of methoxy groups -OCH3 is 1. The van der Waals surface area contributed by atoms with Gasteiger partial charge in [-0.1, -0.05) is 57.7 Å². The number of para-hydroxylation sites is 1. The van der Waals surface area contributed by atoms with Crippen LogP contribution in [0.15, 0.2) is 47.4 Å². The number of unbranched alkanes of at least 4 members (excludes halogenated alkanes) is 2. The Morgan fingerprint density at radius 3 is 2.19 bits per heavy atom. The van der Waals surface area contributed by atoms with E-state index in [0.717, 1.165) is 44.2 Å². The minimum atomic E-state index is -3.70. The zero-order valence-corrected chi connectivity index (χ0v) is 22.5. The molecule has 0 bridgehead atoms. The van der Waals surface area contributed by atoms with Crippen LogP contribution in [0, 0.1) is 5.41 Å². The van der Waals surface area contributed by atoms with Gasteiger partial charge in [0.2, 0.25) is 0 Å². The second-order valence-electron chi connectivity index (χ2n) is 9.04. The van der Waals surface area contributed by atoms with Crippen molar-refractivity contribution in [1.82, 2.24) is 0 Å². The first-order valence-corrected chi connectivity index (χ1v) is 13.5. The molecule has 1 aliphatic heterocycles. The molecule has 0 spiro atoms. The van der Waals surface area contributed by atoms with Crippen molar-refractivity contribution in [3.63, 3.8) is 0 Å². The average molecular weight is 514 g/mol. The quantitative estimate of drug-likeness (QED) is 0.454. The Bertz CT molecular complexity index is 1080. The molecule has 0 unspecified atom stereocenters. The van der Waals surface area contributed by atoms with Gasteiger partial charge in [0, 0.05) is 29.8 Å². The van der Waals surface area contributed by atoms with Crippen LogP contribution in [0.1, 0.15) is 52.4 Å². The number of hydrogen-bond donors (Lipinski definition) is 1. The summed E-state index contributed by atoms with van der Waals surface area (Å²) in [7, 11) is -2.24. The number of rotatable bonds is 11. The van der Waals surface area contributed by atoms with Gasteiger partial charge in [0.15, 0.2) is 27.9 Å². The SMILES string of the molecule is CCCCC1(CCCC)CN(c2ccccc2)c2cc(OC)c(OCC(=O)O)cc2S(=O)(=O)C1.[Li+].[OH-]. The van der Waals surface area contributed by atoms with E-state index in [1.54, 1.807) is 6.07 Å². The van der Waals surface area contributed by atoms with E-state index in [1.807, 2.05) is 30.3 Å². The molecule has 194 valence electrons. The number of carboxylic acid groups (broad SMARTS) is 1. The van der Waals surface area contributed by atoms with Crippen LogP contribution in [0.5, 0.6) is 11.5 Å².